The maximum atomic E-state index is 13.1. The number of carbonyl (C=O) groups is 1. The molecule has 2 aromatic heterocycles. The normalized spacial score (nSPS) is 18.8. The predicted molar refractivity (Wildman–Crippen MR) is 127 cm³/mol. The van der Waals surface area contributed by atoms with Gasteiger partial charge in [-0.2, -0.15) is 0 Å². The number of para-hydroxylation sites is 1. The Morgan fingerprint density at radius 3 is 2.84 bits per heavy atom. The van der Waals surface area contributed by atoms with Crippen LogP contribution < -0.4 is 10.2 Å². The molecule has 0 bridgehead atoms. The zero-order valence-electron chi connectivity index (χ0n) is 18.1. The average molecular weight is 438 g/mol. The fourth-order valence-electron chi connectivity index (χ4n) is 4.66. The van der Waals surface area contributed by atoms with Crippen molar-refractivity contribution in [3.05, 3.63) is 47.1 Å². The SMILES string of the molecule is CN1CCN(c2ncc(C(=O)NC(Cc3c[nH]c4ccccc34)CC3CCC3)s2)CC1. The zero-order chi connectivity index (χ0) is 21.2. The van der Waals surface area contributed by atoms with E-state index in [-0.39, 0.29) is 11.9 Å². The second-order valence-electron chi connectivity index (χ2n) is 9.06. The largest absolute Gasteiger partial charge is 0.361 e. The average Bonchev–Trinajstić information content (AvgIpc) is 3.39. The van der Waals surface area contributed by atoms with Crippen molar-refractivity contribution in [2.24, 2.45) is 5.92 Å². The lowest BCUT2D eigenvalue weighted by atomic mass is 9.80. The summed E-state index contributed by atoms with van der Waals surface area (Å²) in [6.45, 7) is 4.01. The van der Waals surface area contributed by atoms with Gasteiger partial charge in [-0.05, 0) is 37.4 Å². The van der Waals surface area contributed by atoms with E-state index < -0.39 is 0 Å². The van der Waals surface area contributed by atoms with Crippen LogP contribution in [0, 0.1) is 5.92 Å². The Kier molecular flexibility index (Phi) is 5.96. The summed E-state index contributed by atoms with van der Waals surface area (Å²) in [6.07, 6.45) is 9.65. The van der Waals surface area contributed by atoms with E-state index in [1.165, 1.54) is 41.5 Å². The number of piperazine rings is 1. The van der Waals surface area contributed by atoms with Crippen LogP contribution >= 0.6 is 11.3 Å². The summed E-state index contributed by atoms with van der Waals surface area (Å²) in [4.78, 5) is 26.4. The van der Waals surface area contributed by atoms with Gasteiger partial charge in [0.2, 0.25) is 0 Å². The maximum Gasteiger partial charge on any atom is 0.263 e. The van der Waals surface area contributed by atoms with Crippen molar-refractivity contribution in [1.82, 2.24) is 20.2 Å². The molecule has 1 aromatic carbocycles. The topological polar surface area (TPSA) is 64.3 Å². The van der Waals surface area contributed by atoms with Gasteiger partial charge in [0.05, 0.1) is 6.20 Å². The Bertz CT molecular complexity index is 1030. The number of carbonyl (C=O) groups excluding carboxylic acids is 1. The highest BCUT2D eigenvalue weighted by Crippen LogP contribution is 2.32. The summed E-state index contributed by atoms with van der Waals surface area (Å²) in [5, 5.41) is 5.57. The van der Waals surface area contributed by atoms with Crippen molar-refractivity contribution < 1.29 is 4.79 Å². The number of hydrogen-bond acceptors (Lipinski definition) is 5. The summed E-state index contributed by atoms with van der Waals surface area (Å²) in [5.41, 5.74) is 2.44. The van der Waals surface area contributed by atoms with Crippen LogP contribution in [0.5, 0.6) is 0 Å². The molecule has 3 aromatic rings. The number of hydrogen-bond donors (Lipinski definition) is 2. The first-order valence-corrected chi connectivity index (χ1v) is 12.2. The third-order valence-corrected chi connectivity index (χ3v) is 7.87. The number of likely N-dealkylation sites (N-methyl/N-ethyl adjacent to an activating group) is 1. The monoisotopic (exact) mass is 437 g/mol. The lowest BCUT2D eigenvalue weighted by molar-refractivity contribution is 0.0929. The van der Waals surface area contributed by atoms with Gasteiger partial charge in [0, 0.05) is 49.3 Å². The van der Waals surface area contributed by atoms with E-state index in [9.17, 15) is 4.79 Å². The molecule has 0 spiro atoms. The van der Waals surface area contributed by atoms with E-state index in [2.05, 4.69) is 62.6 Å². The van der Waals surface area contributed by atoms with Gasteiger partial charge >= 0.3 is 0 Å². The molecule has 0 radical (unpaired) electrons. The number of thiazole rings is 1. The second kappa shape index (κ2) is 9.01. The molecule has 3 heterocycles. The maximum absolute atomic E-state index is 13.1. The third kappa shape index (κ3) is 4.62. The molecule has 2 N–H and O–H groups in total. The minimum atomic E-state index is 0.0158. The van der Waals surface area contributed by atoms with Crippen molar-refractivity contribution in [2.75, 3.05) is 38.1 Å². The molecular formula is C24H31N5OS. The Hall–Kier alpha value is -2.38. The van der Waals surface area contributed by atoms with Gasteiger partial charge in [0.15, 0.2) is 5.13 Å². The molecule has 1 saturated carbocycles. The van der Waals surface area contributed by atoms with Gasteiger partial charge < -0.3 is 20.1 Å². The highest BCUT2D eigenvalue weighted by Gasteiger charge is 2.26. The summed E-state index contributed by atoms with van der Waals surface area (Å²) < 4.78 is 0. The number of aromatic nitrogens is 2. The van der Waals surface area contributed by atoms with Gasteiger partial charge in [-0.25, -0.2) is 4.98 Å². The number of rotatable bonds is 7. The number of fused-ring (bicyclic) bond motifs is 1. The van der Waals surface area contributed by atoms with Crippen LogP contribution in [0.25, 0.3) is 10.9 Å². The van der Waals surface area contributed by atoms with Gasteiger partial charge in [0.25, 0.3) is 5.91 Å². The standard InChI is InChI=1S/C24H31N5OS/c1-28-9-11-29(12-10-28)24-26-16-22(31-24)23(30)27-19(13-17-5-4-6-17)14-18-15-25-21-8-3-2-7-20(18)21/h2-3,7-8,15-17,19,25H,4-6,9-14H2,1H3,(H,27,30). The fraction of sp³-hybridized carbons (Fsp3) is 0.500. The van der Waals surface area contributed by atoms with E-state index in [0.29, 0.717) is 4.88 Å². The molecule has 5 rings (SSSR count). The Morgan fingerprint density at radius 2 is 2.06 bits per heavy atom. The van der Waals surface area contributed by atoms with Crippen molar-refractivity contribution in [2.45, 2.75) is 38.1 Å². The van der Waals surface area contributed by atoms with Crippen LogP contribution in [0.15, 0.2) is 36.7 Å². The molecule has 1 saturated heterocycles. The van der Waals surface area contributed by atoms with Crippen LogP contribution in [-0.2, 0) is 6.42 Å². The number of H-pyrrole nitrogens is 1. The summed E-state index contributed by atoms with van der Waals surface area (Å²) >= 11 is 1.52. The van der Waals surface area contributed by atoms with Crippen LogP contribution in [0.3, 0.4) is 0 Å². The summed E-state index contributed by atoms with van der Waals surface area (Å²) in [7, 11) is 2.15. The number of anilines is 1. The fourth-order valence-corrected chi connectivity index (χ4v) is 5.53. The number of nitrogens with one attached hydrogen (secondary N) is 2. The molecule has 6 nitrogen and oxygen atoms in total. The molecule has 1 aliphatic carbocycles. The van der Waals surface area contributed by atoms with E-state index in [1.807, 2.05) is 0 Å². The molecule has 1 atom stereocenters. The molecule has 164 valence electrons. The zero-order valence-corrected chi connectivity index (χ0v) is 19.0. The van der Waals surface area contributed by atoms with Crippen molar-refractivity contribution in [3.8, 4) is 0 Å². The smallest absolute Gasteiger partial charge is 0.263 e. The third-order valence-electron chi connectivity index (χ3n) is 6.81. The van der Waals surface area contributed by atoms with Crippen LogP contribution in [0.4, 0.5) is 5.13 Å². The van der Waals surface area contributed by atoms with E-state index in [1.54, 1.807) is 6.20 Å². The first-order chi connectivity index (χ1) is 15.2. The van der Waals surface area contributed by atoms with Gasteiger partial charge in [-0.15, -0.1) is 0 Å². The molecular weight excluding hydrogens is 406 g/mol. The van der Waals surface area contributed by atoms with Gasteiger partial charge in [-0.3, -0.25) is 4.79 Å². The molecule has 2 aliphatic rings. The lowest BCUT2D eigenvalue weighted by Crippen LogP contribution is -2.44. The van der Waals surface area contributed by atoms with E-state index in [4.69, 9.17) is 0 Å². The second-order valence-corrected chi connectivity index (χ2v) is 10.1. The van der Waals surface area contributed by atoms with Crippen molar-refractivity contribution >= 4 is 33.3 Å². The Morgan fingerprint density at radius 1 is 1.26 bits per heavy atom. The van der Waals surface area contributed by atoms with Crippen molar-refractivity contribution in [3.63, 3.8) is 0 Å². The van der Waals surface area contributed by atoms with Gasteiger partial charge in [-0.1, -0.05) is 48.8 Å². The minimum Gasteiger partial charge on any atom is -0.361 e. The molecule has 1 aliphatic heterocycles. The Labute approximate surface area is 187 Å². The van der Waals surface area contributed by atoms with Crippen LogP contribution in [0.2, 0.25) is 0 Å². The number of benzene rings is 1. The minimum absolute atomic E-state index is 0.0158. The molecule has 1 amide bonds. The first-order valence-electron chi connectivity index (χ1n) is 11.4. The number of amides is 1. The highest BCUT2D eigenvalue weighted by atomic mass is 32.1. The number of nitrogens with zero attached hydrogens (tertiary/aromatic N) is 3. The molecule has 7 heteroatoms. The molecule has 1 unspecified atom stereocenters. The summed E-state index contributed by atoms with van der Waals surface area (Å²) in [6, 6.07) is 8.55. The predicted octanol–water partition coefficient (Wildman–Crippen LogP) is 3.91. The van der Waals surface area contributed by atoms with Crippen LogP contribution in [0.1, 0.15) is 40.9 Å². The van der Waals surface area contributed by atoms with E-state index in [0.717, 1.165) is 55.6 Å². The van der Waals surface area contributed by atoms with Crippen molar-refractivity contribution in [1.29, 1.82) is 0 Å². The molecule has 31 heavy (non-hydrogen) atoms. The first kappa shape index (κ1) is 20.5. The lowest BCUT2D eigenvalue weighted by Gasteiger charge is -2.32. The number of aromatic amines is 1. The van der Waals surface area contributed by atoms with E-state index >= 15 is 0 Å². The van der Waals surface area contributed by atoms with Crippen LogP contribution in [-0.4, -0.2) is 60.0 Å². The summed E-state index contributed by atoms with van der Waals surface area (Å²) in [5.74, 6) is 0.750. The highest BCUT2D eigenvalue weighted by molar-refractivity contribution is 7.17. The Balaban J connectivity index is 1.28. The van der Waals surface area contributed by atoms with Gasteiger partial charge in [0.1, 0.15) is 4.88 Å². The quantitative estimate of drug-likeness (QED) is 0.588. The molecule has 2 fully saturated rings.